The minimum absolute atomic E-state index is 0.0206. The van der Waals surface area contributed by atoms with Gasteiger partial charge in [-0.15, -0.1) is 0 Å². The van der Waals surface area contributed by atoms with Gasteiger partial charge in [0.2, 0.25) is 0 Å². The van der Waals surface area contributed by atoms with Crippen molar-refractivity contribution in [2.75, 3.05) is 45.9 Å². The number of aromatic amines is 1. The molecule has 1 aliphatic heterocycles. The first kappa shape index (κ1) is 19.8. The molecule has 4 N–H and O–H groups in total. The van der Waals surface area contributed by atoms with Crippen molar-refractivity contribution in [3.8, 4) is 0 Å². The molecular formula is C20H29N4O2S+. The van der Waals surface area contributed by atoms with Gasteiger partial charge < -0.3 is 25.3 Å². The molecule has 0 aliphatic carbocycles. The Labute approximate surface area is 165 Å². The zero-order valence-corrected chi connectivity index (χ0v) is 16.9. The molecule has 0 saturated carbocycles. The Morgan fingerprint density at radius 1 is 1.19 bits per heavy atom. The number of fused-ring (bicyclic) bond motifs is 1. The molecule has 7 heteroatoms. The smallest absolute Gasteiger partial charge is 0.251 e. The second-order valence-electron chi connectivity index (χ2n) is 7.16. The van der Waals surface area contributed by atoms with E-state index in [-0.39, 0.29) is 5.56 Å². The average molecular weight is 390 g/mol. The van der Waals surface area contributed by atoms with Gasteiger partial charge in [-0.2, -0.15) is 0 Å². The Morgan fingerprint density at radius 3 is 2.67 bits per heavy atom. The average Bonchev–Trinajstić information content (AvgIpc) is 2.66. The number of benzene rings is 1. The molecule has 1 fully saturated rings. The monoisotopic (exact) mass is 389 g/mol. The third kappa shape index (κ3) is 5.28. The van der Waals surface area contributed by atoms with Crippen molar-refractivity contribution in [1.82, 2.24) is 15.6 Å². The Hall–Kier alpha value is -1.96. The second-order valence-corrected chi connectivity index (χ2v) is 7.57. The van der Waals surface area contributed by atoms with Crippen LogP contribution < -0.4 is 21.1 Å². The van der Waals surface area contributed by atoms with Crippen LogP contribution in [-0.2, 0) is 11.2 Å². The number of ether oxygens (including phenoxy) is 1. The molecule has 0 amide bonds. The molecule has 0 unspecified atom stereocenters. The first-order valence-corrected chi connectivity index (χ1v) is 10.0. The molecule has 0 bridgehead atoms. The van der Waals surface area contributed by atoms with Crippen molar-refractivity contribution in [2.24, 2.45) is 0 Å². The summed E-state index contributed by atoms with van der Waals surface area (Å²) in [5, 5.41) is 8.21. The van der Waals surface area contributed by atoms with Crippen LogP contribution in [0.4, 0.5) is 0 Å². The minimum Gasteiger partial charge on any atom is -0.370 e. The second kappa shape index (κ2) is 9.30. The van der Waals surface area contributed by atoms with E-state index in [9.17, 15) is 4.79 Å². The molecule has 0 atom stereocenters. The van der Waals surface area contributed by atoms with E-state index in [2.05, 4.69) is 28.6 Å². The summed E-state index contributed by atoms with van der Waals surface area (Å²) >= 11 is 5.34. The maximum Gasteiger partial charge on any atom is 0.251 e. The van der Waals surface area contributed by atoms with Crippen molar-refractivity contribution in [3.05, 3.63) is 45.2 Å². The third-order valence-electron chi connectivity index (χ3n) is 5.16. The number of hydrogen-bond donors (Lipinski definition) is 4. The third-order valence-corrected chi connectivity index (χ3v) is 5.45. The lowest BCUT2D eigenvalue weighted by atomic mass is 10.0. The van der Waals surface area contributed by atoms with Crippen LogP contribution in [-0.4, -0.2) is 56.0 Å². The Bertz CT molecular complexity index is 859. The van der Waals surface area contributed by atoms with Crippen molar-refractivity contribution >= 4 is 28.2 Å². The Kier molecular flexibility index (Phi) is 6.82. The summed E-state index contributed by atoms with van der Waals surface area (Å²) in [7, 11) is 0. The normalized spacial score (nSPS) is 15.0. The zero-order valence-electron chi connectivity index (χ0n) is 16.1. The van der Waals surface area contributed by atoms with E-state index in [1.807, 2.05) is 19.1 Å². The zero-order chi connectivity index (χ0) is 19.2. The summed E-state index contributed by atoms with van der Waals surface area (Å²) in [5.74, 6) is 0. The number of aryl methyl sites for hydroxylation is 2. The molecule has 2 heterocycles. The highest BCUT2D eigenvalue weighted by molar-refractivity contribution is 7.80. The van der Waals surface area contributed by atoms with Gasteiger partial charge in [0.25, 0.3) is 5.56 Å². The first-order valence-electron chi connectivity index (χ1n) is 9.59. The first-order chi connectivity index (χ1) is 13.0. The number of nitrogens with one attached hydrogen (secondary N) is 4. The molecule has 27 heavy (non-hydrogen) atoms. The number of H-pyrrole nitrogens is 1. The SMILES string of the molecule is Cc1ccc(C)c2[nH]c(=O)c(CCNC(=S)NCC[NH+]3CCOCC3)cc12. The number of pyridine rings is 1. The predicted octanol–water partition coefficient (Wildman–Crippen LogP) is 0.0666. The van der Waals surface area contributed by atoms with Gasteiger partial charge in [0.05, 0.1) is 31.8 Å². The number of rotatable bonds is 6. The number of hydrogen-bond acceptors (Lipinski definition) is 3. The van der Waals surface area contributed by atoms with Gasteiger partial charge in [-0.3, -0.25) is 4.79 Å². The number of thiocarbonyl (C=S) groups is 1. The molecule has 1 aromatic carbocycles. The van der Waals surface area contributed by atoms with Crippen LogP contribution in [0.15, 0.2) is 23.0 Å². The molecule has 0 spiro atoms. The van der Waals surface area contributed by atoms with E-state index in [1.54, 1.807) is 4.90 Å². The van der Waals surface area contributed by atoms with Crippen LogP contribution in [0.2, 0.25) is 0 Å². The summed E-state index contributed by atoms with van der Waals surface area (Å²) in [6.45, 7) is 10.4. The van der Waals surface area contributed by atoms with Crippen molar-refractivity contribution < 1.29 is 9.64 Å². The molecule has 1 aliphatic rings. The number of quaternary nitrogens is 1. The van der Waals surface area contributed by atoms with Crippen LogP contribution in [0.3, 0.4) is 0 Å². The van der Waals surface area contributed by atoms with Crippen molar-refractivity contribution in [2.45, 2.75) is 20.3 Å². The standard InChI is InChI=1S/C20H28N4O2S/c1-14-3-4-15(2)18-17(14)13-16(19(25)23-18)5-6-21-20(27)22-7-8-24-9-11-26-12-10-24/h3-4,13H,5-12H2,1-2H3,(H,23,25)(H2,21,22,27)/p+1. The van der Waals surface area contributed by atoms with E-state index in [4.69, 9.17) is 17.0 Å². The molecule has 6 nitrogen and oxygen atoms in total. The van der Waals surface area contributed by atoms with Gasteiger partial charge in [-0.1, -0.05) is 12.1 Å². The minimum atomic E-state index is -0.0206. The fourth-order valence-corrected chi connectivity index (χ4v) is 3.64. The fourth-order valence-electron chi connectivity index (χ4n) is 3.44. The summed E-state index contributed by atoms with van der Waals surface area (Å²) in [4.78, 5) is 17.0. The highest BCUT2D eigenvalue weighted by Crippen LogP contribution is 2.19. The molecule has 1 saturated heterocycles. The fraction of sp³-hybridized carbons (Fsp3) is 0.500. The summed E-state index contributed by atoms with van der Waals surface area (Å²) in [5.41, 5.74) is 3.95. The number of morpholine rings is 1. The largest absolute Gasteiger partial charge is 0.370 e. The topological polar surface area (TPSA) is 70.6 Å². The summed E-state index contributed by atoms with van der Waals surface area (Å²) in [6.07, 6.45) is 0.634. The maximum atomic E-state index is 12.4. The molecular weight excluding hydrogens is 360 g/mol. The van der Waals surface area contributed by atoms with Crippen LogP contribution in [0.1, 0.15) is 16.7 Å². The highest BCUT2D eigenvalue weighted by Gasteiger charge is 2.13. The van der Waals surface area contributed by atoms with E-state index < -0.39 is 0 Å². The highest BCUT2D eigenvalue weighted by atomic mass is 32.1. The molecule has 1 aromatic heterocycles. The van der Waals surface area contributed by atoms with E-state index in [0.717, 1.165) is 61.4 Å². The lowest BCUT2D eigenvalue weighted by Gasteiger charge is -2.24. The molecule has 0 radical (unpaired) electrons. The van der Waals surface area contributed by atoms with Crippen molar-refractivity contribution in [1.29, 1.82) is 0 Å². The van der Waals surface area contributed by atoms with Crippen LogP contribution in [0.5, 0.6) is 0 Å². The summed E-state index contributed by atoms with van der Waals surface area (Å²) < 4.78 is 5.37. The number of aromatic nitrogens is 1. The van der Waals surface area contributed by atoms with Gasteiger partial charge in [-0.05, 0) is 49.7 Å². The van der Waals surface area contributed by atoms with Gasteiger partial charge in [-0.25, -0.2) is 0 Å². The van der Waals surface area contributed by atoms with Gasteiger partial charge in [0, 0.05) is 17.5 Å². The van der Waals surface area contributed by atoms with Gasteiger partial charge in [0.1, 0.15) is 13.1 Å². The Morgan fingerprint density at radius 2 is 1.89 bits per heavy atom. The summed E-state index contributed by atoms with van der Waals surface area (Å²) in [6, 6.07) is 6.14. The van der Waals surface area contributed by atoms with Gasteiger partial charge >= 0.3 is 0 Å². The lowest BCUT2D eigenvalue weighted by molar-refractivity contribution is -0.906. The lowest BCUT2D eigenvalue weighted by Crippen LogP contribution is -3.14. The Balaban J connectivity index is 1.48. The van der Waals surface area contributed by atoms with Crippen LogP contribution in [0, 0.1) is 13.8 Å². The van der Waals surface area contributed by atoms with Crippen LogP contribution in [0.25, 0.3) is 10.9 Å². The van der Waals surface area contributed by atoms with E-state index >= 15 is 0 Å². The molecule has 146 valence electrons. The van der Waals surface area contributed by atoms with Crippen molar-refractivity contribution in [3.63, 3.8) is 0 Å². The molecule has 2 aromatic rings. The maximum absolute atomic E-state index is 12.4. The van der Waals surface area contributed by atoms with E-state index in [1.165, 1.54) is 5.56 Å². The quantitative estimate of drug-likeness (QED) is 0.527. The van der Waals surface area contributed by atoms with E-state index in [0.29, 0.717) is 18.1 Å². The van der Waals surface area contributed by atoms with Gasteiger partial charge in [0.15, 0.2) is 5.11 Å². The molecule has 3 rings (SSSR count). The predicted molar refractivity (Wildman–Crippen MR) is 113 cm³/mol. The van der Waals surface area contributed by atoms with Crippen LogP contribution >= 0.6 is 12.2 Å².